The van der Waals surface area contributed by atoms with Gasteiger partial charge in [-0.05, 0) is 41.6 Å². The van der Waals surface area contributed by atoms with Gasteiger partial charge in [0.1, 0.15) is 0 Å². The lowest BCUT2D eigenvalue weighted by Crippen LogP contribution is -2.33. The number of rotatable bonds is 5. The monoisotopic (exact) mass is 328 g/mol. The Morgan fingerprint density at radius 3 is 2.71 bits per heavy atom. The highest BCUT2D eigenvalue weighted by Crippen LogP contribution is 2.28. The number of hydrogen-bond acceptors (Lipinski definition) is 8. The predicted octanol–water partition coefficient (Wildman–Crippen LogP) is 1.41. The van der Waals surface area contributed by atoms with Crippen molar-refractivity contribution in [3.05, 3.63) is 18.0 Å². The summed E-state index contributed by atoms with van der Waals surface area (Å²) in [6, 6.07) is 0. The van der Waals surface area contributed by atoms with E-state index in [0.717, 1.165) is 37.7 Å². The molecule has 1 aliphatic rings. The van der Waals surface area contributed by atoms with Crippen LogP contribution < -0.4 is 9.80 Å². The molecule has 1 aliphatic heterocycles. The molecule has 0 amide bonds. The third-order valence-corrected chi connectivity index (χ3v) is 4.39. The van der Waals surface area contributed by atoms with Gasteiger partial charge in [-0.15, -0.1) is 0 Å². The van der Waals surface area contributed by atoms with E-state index in [4.69, 9.17) is 4.63 Å². The first-order valence-corrected chi connectivity index (χ1v) is 8.25. The lowest BCUT2D eigenvalue weighted by Gasteiger charge is -2.30. The summed E-state index contributed by atoms with van der Waals surface area (Å²) < 4.78 is 4.79. The fraction of sp³-hybridized carbons (Fsp3) is 0.533. The minimum atomic E-state index is 0.445. The molecular weight excluding hydrogens is 308 g/mol. The van der Waals surface area contributed by atoms with Crippen molar-refractivity contribution in [2.45, 2.75) is 25.7 Å². The third-order valence-electron chi connectivity index (χ3n) is 4.39. The highest BCUT2D eigenvalue weighted by Gasteiger charge is 2.22. The summed E-state index contributed by atoms with van der Waals surface area (Å²) in [5, 5.41) is 14.5. The molecule has 126 valence electrons. The Morgan fingerprint density at radius 1 is 1.17 bits per heavy atom. The number of anilines is 2. The second kappa shape index (κ2) is 6.42. The molecular formula is C15H20N8O. The van der Waals surface area contributed by atoms with Crippen LogP contribution in [0.25, 0.3) is 11.3 Å². The molecule has 0 aromatic carbocycles. The molecule has 1 N–H and O–H groups in total. The van der Waals surface area contributed by atoms with E-state index in [1.165, 1.54) is 24.8 Å². The van der Waals surface area contributed by atoms with Crippen LogP contribution in [-0.4, -0.2) is 57.2 Å². The van der Waals surface area contributed by atoms with Crippen LogP contribution in [0.2, 0.25) is 0 Å². The number of H-pyrrole nitrogens is 1. The van der Waals surface area contributed by atoms with Crippen molar-refractivity contribution in [1.29, 1.82) is 0 Å². The van der Waals surface area contributed by atoms with Gasteiger partial charge in [0.25, 0.3) is 0 Å². The first-order chi connectivity index (χ1) is 11.8. The number of aromatic amines is 1. The van der Waals surface area contributed by atoms with Crippen LogP contribution in [0, 0.1) is 0 Å². The summed E-state index contributed by atoms with van der Waals surface area (Å²) in [7, 11) is 2.02. The molecule has 0 saturated carbocycles. The molecule has 1 saturated heterocycles. The van der Waals surface area contributed by atoms with Gasteiger partial charge in [-0.25, -0.2) is 14.6 Å². The third kappa shape index (κ3) is 2.89. The second-order valence-electron chi connectivity index (χ2n) is 6.11. The molecule has 3 aromatic heterocycles. The van der Waals surface area contributed by atoms with E-state index in [1.807, 2.05) is 19.4 Å². The standard InChI is InChI=1S/C15H20N8O/c1-22(8-5-11-9-16-17-10-11)14-15(23-6-3-2-4-7-23)19-13-12(18-14)20-24-21-13/h9-10H,2-8H2,1H3,(H,16,17). The van der Waals surface area contributed by atoms with Gasteiger partial charge < -0.3 is 9.80 Å². The highest BCUT2D eigenvalue weighted by atomic mass is 16.6. The maximum Gasteiger partial charge on any atom is 0.245 e. The highest BCUT2D eigenvalue weighted by molar-refractivity contribution is 5.74. The van der Waals surface area contributed by atoms with Gasteiger partial charge >= 0.3 is 0 Å². The van der Waals surface area contributed by atoms with Crippen LogP contribution in [0.5, 0.6) is 0 Å². The second-order valence-corrected chi connectivity index (χ2v) is 6.11. The largest absolute Gasteiger partial charge is 0.356 e. The van der Waals surface area contributed by atoms with Gasteiger partial charge in [0.05, 0.1) is 6.20 Å². The summed E-state index contributed by atoms with van der Waals surface area (Å²) in [6.45, 7) is 2.80. The number of nitrogens with zero attached hydrogens (tertiary/aromatic N) is 7. The molecule has 3 aromatic rings. The van der Waals surface area contributed by atoms with Crippen LogP contribution in [0.4, 0.5) is 11.6 Å². The fourth-order valence-corrected chi connectivity index (χ4v) is 3.01. The maximum absolute atomic E-state index is 4.79. The zero-order valence-corrected chi connectivity index (χ0v) is 13.6. The Balaban J connectivity index is 1.63. The number of piperidine rings is 1. The smallest absolute Gasteiger partial charge is 0.245 e. The Labute approximate surface area is 139 Å². The first-order valence-electron chi connectivity index (χ1n) is 8.25. The SMILES string of the molecule is CN(CCc1cn[nH]c1)c1nc2nonc2nc1N1CCCCC1. The maximum atomic E-state index is 4.79. The van der Waals surface area contributed by atoms with E-state index in [2.05, 4.69) is 40.3 Å². The summed E-state index contributed by atoms with van der Waals surface area (Å²) in [5.74, 6) is 1.69. The van der Waals surface area contributed by atoms with Crippen molar-refractivity contribution in [2.24, 2.45) is 0 Å². The lowest BCUT2D eigenvalue weighted by atomic mass is 10.1. The van der Waals surface area contributed by atoms with Gasteiger partial charge in [0.2, 0.25) is 11.3 Å². The molecule has 1 fully saturated rings. The van der Waals surface area contributed by atoms with E-state index in [-0.39, 0.29) is 0 Å². The number of aromatic nitrogens is 6. The van der Waals surface area contributed by atoms with Crippen LogP contribution in [-0.2, 0) is 6.42 Å². The molecule has 24 heavy (non-hydrogen) atoms. The van der Waals surface area contributed by atoms with Crippen molar-refractivity contribution in [2.75, 3.05) is 36.5 Å². The van der Waals surface area contributed by atoms with Crippen LogP contribution >= 0.6 is 0 Å². The molecule has 9 heteroatoms. The van der Waals surface area contributed by atoms with Crippen molar-refractivity contribution >= 4 is 22.9 Å². The summed E-state index contributed by atoms with van der Waals surface area (Å²) in [5.41, 5.74) is 2.07. The van der Waals surface area contributed by atoms with Crippen LogP contribution in [0.3, 0.4) is 0 Å². The van der Waals surface area contributed by atoms with Gasteiger partial charge in [-0.2, -0.15) is 5.10 Å². The Bertz CT molecular complexity index is 793. The molecule has 0 aliphatic carbocycles. The molecule has 4 heterocycles. The summed E-state index contributed by atoms with van der Waals surface area (Å²) >= 11 is 0. The lowest BCUT2D eigenvalue weighted by molar-refractivity contribution is 0.314. The minimum absolute atomic E-state index is 0.445. The number of fused-ring (bicyclic) bond motifs is 1. The fourth-order valence-electron chi connectivity index (χ4n) is 3.01. The van der Waals surface area contributed by atoms with Crippen LogP contribution in [0.15, 0.2) is 17.0 Å². The Morgan fingerprint density at radius 2 is 1.96 bits per heavy atom. The predicted molar refractivity (Wildman–Crippen MR) is 89.0 cm³/mol. The van der Waals surface area contributed by atoms with Crippen molar-refractivity contribution in [3.8, 4) is 0 Å². The summed E-state index contributed by atoms with van der Waals surface area (Å²) in [6.07, 6.45) is 8.25. The quantitative estimate of drug-likeness (QED) is 0.750. The molecule has 0 bridgehead atoms. The van der Waals surface area contributed by atoms with Crippen LogP contribution in [0.1, 0.15) is 24.8 Å². The number of nitrogens with one attached hydrogen (secondary N) is 1. The molecule has 9 nitrogen and oxygen atoms in total. The van der Waals surface area contributed by atoms with Gasteiger partial charge in [0.15, 0.2) is 11.6 Å². The Hall–Kier alpha value is -2.71. The number of likely N-dealkylation sites (N-methyl/N-ethyl adjacent to an activating group) is 1. The zero-order chi connectivity index (χ0) is 16.4. The molecule has 0 radical (unpaired) electrons. The van der Waals surface area contributed by atoms with Crippen molar-refractivity contribution < 1.29 is 4.63 Å². The topological polar surface area (TPSA) is 99.9 Å². The van der Waals surface area contributed by atoms with E-state index in [0.29, 0.717) is 11.3 Å². The molecule has 4 rings (SSSR count). The molecule has 0 spiro atoms. The first kappa shape index (κ1) is 14.9. The molecule has 0 unspecified atom stereocenters. The summed E-state index contributed by atoms with van der Waals surface area (Å²) in [4.78, 5) is 13.7. The van der Waals surface area contributed by atoms with E-state index >= 15 is 0 Å². The average molecular weight is 328 g/mol. The van der Waals surface area contributed by atoms with Gasteiger partial charge in [-0.3, -0.25) is 5.10 Å². The van der Waals surface area contributed by atoms with E-state index < -0.39 is 0 Å². The van der Waals surface area contributed by atoms with Crippen molar-refractivity contribution in [1.82, 2.24) is 30.5 Å². The van der Waals surface area contributed by atoms with E-state index in [1.54, 1.807) is 0 Å². The molecule has 0 atom stereocenters. The van der Waals surface area contributed by atoms with Crippen molar-refractivity contribution in [3.63, 3.8) is 0 Å². The van der Waals surface area contributed by atoms with Gasteiger partial charge in [0, 0.05) is 32.9 Å². The average Bonchev–Trinajstić information content (AvgIpc) is 3.30. The number of hydrogen-bond donors (Lipinski definition) is 1. The minimum Gasteiger partial charge on any atom is -0.356 e. The Kier molecular flexibility index (Phi) is 3.97. The van der Waals surface area contributed by atoms with E-state index in [9.17, 15) is 0 Å². The van der Waals surface area contributed by atoms with Gasteiger partial charge in [-0.1, -0.05) is 0 Å². The normalized spacial score (nSPS) is 15.1. The zero-order valence-electron chi connectivity index (χ0n) is 13.6.